The number of rotatable bonds is 4. The molecular weight excluding hydrogens is 456 g/mol. The van der Waals surface area contributed by atoms with Gasteiger partial charge >= 0.3 is 0 Å². The predicted molar refractivity (Wildman–Crippen MR) is 139 cm³/mol. The van der Waals surface area contributed by atoms with E-state index in [9.17, 15) is 30.3 Å². The molecule has 0 heterocycles. The third-order valence-electron chi connectivity index (χ3n) is 11.4. The van der Waals surface area contributed by atoms with Gasteiger partial charge in [0.25, 0.3) is 0 Å². The van der Waals surface area contributed by atoms with Crippen molar-refractivity contribution in [3.8, 4) is 0 Å². The molecule has 0 aromatic heterocycles. The fourth-order valence-corrected chi connectivity index (χ4v) is 9.37. The number of carbonyl (C=O) groups excluding carboxylic acids is 1. The quantitative estimate of drug-likeness (QED) is 0.374. The number of aliphatic hydroxyl groups is 5. The van der Waals surface area contributed by atoms with Crippen molar-refractivity contribution in [2.75, 3.05) is 0 Å². The maximum absolute atomic E-state index is 14.2. The fourth-order valence-electron chi connectivity index (χ4n) is 9.37. The van der Waals surface area contributed by atoms with E-state index in [0.29, 0.717) is 19.3 Å². The maximum Gasteiger partial charge on any atom is 0.140 e. The Kier molecular flexibility index (Phi) is 6.39. The van der Waals surface area contributed by atoms with Gasteiger partial charge in [-0.05, 0) is 69.1 Å². The Morgan fingerprint density at radius 3 is 2.19 bits per heavy atom. The Balaban J connectivity index is 1.76. The number of hydrogen-bond donors (Lipinski definition) is 5. The lowest BCUT2D eigenvalue weighted by Crippen LogP contribution is -2.65. The number of hydrogen-bond acceptors (Lipinski definition) is 6. The normalized spacial score (nSPS) is 48.1. The van der Waals surface area contributed by atoms with Gasteiger partial charge in [0, 0.05) is 23.2 Å². The van der Waals surface area contributed by atoms with Crippen LogP contribution in [-0.4, -0.2) is 60.8 Å². The number of carbonyl (C=O) groups is 1. The molecule has 204 valence electrons. The molecule has 4 aliphatic rings. The van der Waals surface area contributed by atoms with Crippen molar-refractivity contribution in [2.45, 2.75) is 117 Å². The molecule has 4 rings (SSSR count). The second-order valence-electron chi connectivity index (χ2n) is 14.6. The highest BCUT2D eigenvalue weighted by Gasteiger charge is 2.73. The molecule has 0 bridgehead atoms. The van der Waals surface area contributed by atoms with Crippen LogP contribution in [0.2, 0.25) is 0 Å². The number of allylic oxidation sites excluding steroid dienone is 1. The summed E-state index contributed by atoms with van der Waals surface area (Å²) in [6, 6.07) is 0. The van der Waals surface area contributed by atoms with Crippen LogP contribution in [0.15, 0.2) is 23.8 Å². The number of fused-ring (bicyclic) bond motifs is 5. The average Bonchev–Trinajstić information content (AvgIpc) is 2.91. The number of ketones is 1. The molecule has 0 spiro atoms. The van der Waals surface area contributed by atoms with Crippen molar-refractivity contribution in [1.29, 1.82) is 0 Å². The highest BCUT2D eigenvalue weighted by atomic mass is 16.3. The van der Waals surface area contributed by atoms with E-state index >= 15 is 0 Å². The van der Waals surface area contributed by atoms with Crippen molar-refractivity contribution in [2.24, 2.45) is 39.4 Å². The summed E-state index contributed by atoms with van der Waals surface area (Å²) < 4.78 is 0. The topological polar surface area (TPSA) is 118 Å². The van der Waals surface area contributed by atoms with Crippen LogP contribution < -0.4 is 0 Å². The van der Waals surface area contributed by atoms with Gasteiger partial charge in [-0.15, -0.1) is 0 Å². The number of aliphatic hydroxyl groups excluding tert-OH is 3. The van der Waals surface area contributed by atoms with E-state index in [-0.39, 0.29) is 30.5 Å². The lowest BCUT2D eigenvalue weighted by Gasteiger charge is -2.65. The summed E-state index contributed by atoms with van der Waals surface area (Å²) in [5.41, 5.74) is -3.54. The van der Waals surface area contributed by atoms with Gasteiger partial charge in [-0.1, -0.05) is 58.4 Å². The summed E-state index contributed by atoms with van der Waals surface area (Å²) in [6.45, 7) is 15.3. The molecule has 4 aliphatic carbocycles. The Morgan fingerprint density at radius 2 is 1.61 bits per heavy atom. The first-order chi connectivity index (χ1) is 16.2. The summed E-state index contributed by atoms with van der Waals surface area (Å²) in [5.74, 6) is -0.588. The Bertz CT molecular complexity index is 972. The van der Waals surface area contributed by atoms with Gasteiger partial charge in [-0.25, -0.2) is 0 Å². The molecule has 6 heteroatoms. The predicted octanol–water partition coefficient (Wildman–Crippen LogP) is 3.54. The van der Waals surface area contributed by atoms with E-state index in [1.54, 1.807) is 32.9 Å². The lowest BCUT2D eigenvalue weighted by atomic mass is 9.38. The van der Waals surface area contributed by atoms with Crippen LogP contribution in [0.5, 0.6) is 0 Å². The first-order valence-corrected chi connectivity index (χ1v) is 13.6. The molecule has 10 atom stereocenters. The molecule has 3 saturated carbocycles. The molecule has 36 heavy (non-hydrogen) atoms. The molecular formula is C30H48O6. The van der Waals surface area contributed by atoms with Crippen LogP contribution in [0, 0.1) is 39.4 Å². The molecule has 0 aromatic carbocycles. The van der Waals surface area contributed by atoms with Crippen molar-refractivity contribution in [3.05, 3.63) is 23.8 Å². The van der Waals surface area contributed by atoms with E-state index in [4.69, 9.17) is 0 Å². The zero-order valence-corrected chi connectivity index (χ0v) is 23.4. The van der Waals surface area contributed by atoms with Crippen LogP contribution in [0.25, 0.3) is 0 Å². The van der Waals surface area contributed by atoms with E-state index in [0.717, 1.165) is 5.57 Å². The van der Waals surface area contributed by atoms with Crippen molar-refractivity contribution >= 4 is 5.78 Å². The maximum atomic E-state index is 14.2. The first-order valence-electron chi connectivity index (χ1n) is 13.6. The van der Waals surface area contributed by atoms with Gasteiger partial charge in [-0.3, -0.25) is 4.79 Å². The molecule has 6 nitrogen and oxygen atoms in total. The Labute approximate surface area is 216 Å². The Morgan fingerprint density at radius 1 is 1.00 bits per heavy atom. The molecule has 10 unspecified atom stereocenters. The Hall–Kier alpha value is -1.05. The second kappa shape index (κ2) is 8.22. The van der Waals surface area contributed by atoms with Crippen molar-refractivity contribution in [3.63, 3.8) is 0 Å². The van der Waals surface area contributed by atoms with Gasteiger partial charge in [0.05, 0.1) is 29.5 Å². The van der Waals surface area contributed by atoms with Crippen LogP contribution in [0.3, 0.4) is 0 Å². The summed E-state index contributed by atoms with van der Waals surface area (Å²) >= 11 is 0. The molecule has 0 saturated heterocycles. The minimum absolute atomic E-state index is 0.0504. The van der Waals surface area contributed by atoms with Gasteiger partial charge in [0.15, 0.2) is 0 Å². The van der Waals surface area contributed by atoms with Crippen LogP contribution in [0.4, 0.5) is 0 Å². The fraction of sp³-hybridized carbons (Fsp3) is 0.833. The smallest absolute Gasteiger partial charge is 0.140 e. The highest BCUT2D eigenvalue weighted by Crippen LogP contribution is 2.74. The van der Waals surface area contributed by atoms with Gasteiger partial charge in [0.1, 0.15) is 5.78 Å². The third-order valence-corrected chi connectivity index (χ3v) is 11.4. The van der Waals surface area contributed by atoms with E-state index < -0.39 is 57.1 Å². The summed E-state index contributed by atoms with van der Waals surface area (Å²) in [7, 11) is 0. The average molecular weight is 505 g/mol. The van der Waals surface area contributed by atoms with E-state index in [2.05, 4.69) is 19.9 Å². The number of Topliss-reactive ketones (excluding diaryl/α,β-unsaturated/α-hetero) is 1. The highest BCUT2D eigenvalue weighted by molar-refractivity contribution is 5.88. The lowest BCUT2D eigenvalue weighted by molar-refractivity contribution is -0.185. The van der Waals surface area contributed by atoms with Gasteiger partial charge in [-0.2, -0.15) is 0 Å². The molecule has 0 amide bonds. The summed E-state index contributed by atoms with van der Waals surface area (Å²) in [6.07, 6.45) is 5.15. The minimum atomic E-state index is -1.26. The third kappa shape index (κ3) is 3.73. The molecule has 5 N–H and O–H groups in total. The van der Waals surface area contributed by atoms with Gasteiger partial charge in [0.2, 0.25) is 0 Å². The van der Waals surface area contributed by atoms with E-state index in [1.165, 1.54) is 0 Å². The van der Waals surface area contributed by atoms with Crippen LogP contribution in [0.1, 0.15) is 87.5 Å². The molecule has 0 aliphatic heterocycles. The zero-order chi connectivity index (χ0) is 27.3. The molecule has 3 fully saturated rings. The summed E-state index contributed by atoms with van der Waals surface area (Å²) in [5, 5.41) is 54.8. The first kappa shape index (κ1) is 28.0. The molecule has 0 aromatic rings. The second-order valence-corrected chi connectivity index (χ2v) is 14.6. The standard InChI is InChI=1S/C30H48O6/c1-25(2,35)12-9-13-29(7,36)23-20(32)15-27(5)21-11-10-17-18(14-19(31)24(34)26(17,3)4)30(21,8)22(33)16-28(23,27)6/h9-10,12,18-21,23-24,31-32,34-36H,11,13-16H2,1-8H3. The zero-order valence-electron chi connectivity index (χ0n) is 23.4. The van der Waals surface area contributed by atoms with E-state index in [1.807, 2.05) is 20.8 Å². The SMILES string of the molecule is CC(C)(O)C=CCC(C)(O)C1C(O)CC2(C)C3CC=C4C(CC(O)C(O)C4(C)C)C3(C)C(=O)CC12C. The minimum Gasteiger partial charge on any atom is -0.393 e. The van der Waals surface area contributed by atoms with Crippen LogP contribution >= 0.6 is 0 Å². The largest absolute Gasteiger partial charge is 0.393 e. The van der Waals surface area contributed by atoms with Crippen molar-refractivity contribution < 1.29 is 30.3 Å². The van der Waals surface area contributed by atoms with Crippen LogP contribution in [-0.2, 0) is 4.79 Å². The molecule has 0 radical (unpaired) electrons. The summed E-state index contributed by atoms with van der Waals surface area (Å²) in [4.78, 5) is 14.2. The monoisotopic (exact) mass is 504 g/mol. The van der Waals surface area contributed by atoms with Crippen molar-refractivity contribution in [1.82, 2.24) is 0 Å². The van der Waals surface area contributed by atoms with Gasteiger partial charge < -0.3 is 25.5 Å².